The van der Waals surface area contributed by atoms with Crippen LogP contribution in [0.5, 0.6) is 0 Å². The quantitative estimate of drug-likeness (QED) is 0.802. The maximum atomic E-state index is 11.4. The SMILES string of the molecule is Nc1ncnc(N2CCC3NC(=O)CCC3C2)c1Br. The van der Waals surface area contributed by atoms with Crippen molar-refractivity contribution in [2.45, 2.75) is 25.3 Å². The molecular weight excluding hydrogens is 310 g/mol. The van der Waals surface area contributed by atoms with Crippen molar-refractivity contribution in [3.8, 4) is 0 Å². The van der Waals surface area contributed by atoms with Gasteiger partial charge in [-0.05, 0) is 34.7 Å². The number of amides is 1. The van der Waals surface area contributed by atoms with Crippen LogP contribution in [0, 0.1) is 5.92 Å². The molecule has 3 N–H and O–H groups in total. The summed E-state index contributed by atoms with van der Waals surface area (Å²) in [5.74, 6) is 1.99. The molecular formula is C12H16BrN5O. The first-order valence-corrected chi connectivity index (χ1v) is 7.24. The molecule has 0 bridgehead atoms. The number of hydrogen-bond acceptors (Lipinski definition) is 5. The average Bonchev–Trinajstić information content (AvgIpc) is 2.41. The van der Waals surface area contributed by atoms with Crippen LogP contribution in [0.3, 0.4) is 0 Å². The first-order chi connectivity index (χ1) is 9.15. The Kier molecular flexibility index (Phi) is 3.30. The molecule has 3 rings (SSSR count). The zero-order chi connectivity index (χ0) is 13.4. The summed E-state index contributed by atoms with van der Waals surface area (Å²) < 4.78 is 0.758. The van der Waals surface area contributed by atoms with Crippen LogP contribution in [-0.4, -0.2) is 35.0 Å². The van der Waals surface area contributed by atoms with Gasteiger partial charge in [0.1, 0.15) is 22.4 Å². The number of halogens is 1. The Labute approximate surface area is 119 Å². The van der Waals surface area contributed by atoms with Crippen LogP contribution in [-0.2, 0) is 4.79 Å². The molecule has 0 saturated carbocycles. The van der Waals surface area contributed by atoms with Gasteiger partial charge in [0.05, 0.1) is 0 Å². The van der Waals surface area contributed by atoms with E-state index in [1.54, 1.807) is 0 Å². The summed E-state index contributed by atoms with van der Waals surface area (Å²) in [7, 11) is 0. The fraction of sp³-hybridized carbons (Fsp3) is 0.583. The smallest absolute Gasteiger partial charge is 0.220 e. The minimum absolute atomic E-state index is 0.183. The van der Waals surface area contributed by atoms with Crippen molar-refractivity contribution in [3.05, 3.63) is 10.8 Å². The molecule has 0 aromatic carbocycles. The van der Waals surface area contributed by atoms with E-state index in [-0.39, 0.29) is 5.91 Å². The lowest BCUT2D eigenvalue weighted by molar-refractivity contribution is -0.124. The number of rotatable bonds is 1. The fourth-order valence-electron chi connectivity index (χ4n) is 2.90. The van der Waals surface area contributed by atoms with Crippen LogP contribution >= 0.6 is 15.9 Å². The summed E-state index contributed by atoms with van der Waals surface area (Å²) in [6.45, 7) is 1.77. The Morgan fingerprint density at radius 1 is 1.42 bits per heavy atom. The lowest BCUT2D eigenvalue weighted by Gasteiger charge is -2.42. The lowest BCUT2D eigenvalue weighted by Crippen LogP contribution is -2.54. The number of carbonyl (C=O) groups excluding carboxylic acids is 1. The van der Waals surface area contributed by atoms with Crippen molar-refractivity contribution in [1.29, 1.82) is 0 Å². The zero-order valence-corrected chi connectivity index (χ0v) is 12.1. The molecule has 7 heteroatoms. The van der Waals surface area contributed by atoms with Gasteiger partial charge >= 0.3 is 0 Å². The second-order valence-electron chi connectivity index (χ2n) is 5.10. The number of nitrogens with zero attached hydrogens (tertiary/aromatic N) is 3. The molecule has 1 aromatic rings. The van der Waals surface area contributed by atoms with E-state index in [9.17, 15) is 4.79 Å². The van der Waals surface area contributed by atoms with Gasteiger partial charge < -0.3 is 16.0 Å². The molecule has 0 spiro atoms. The number of carbonyl (C=O) groups is 1. The van der Waals surface area contributed by atoms with Crippen molar-refractivity contribution in [2.24, 2.45) is 5.92 Å². The molecule has 2 fully saturated rings. The Morgan fingerprint density at radius 3 is 3.11 bits per heavy atom. The molecule has 0 radical (unpaired) electrons. The number of piperidine rings is 2. The van der Waals surface area contributed by atoms with E-state index >= 15 is 0 Å². The van der Waals surface area contributed by atoms with Gasteiger partial charge in [-0.3, -0.25) is 4.79 Å². The van der Waals surface area contributed by atoms with Crippen LogP contribution in [0.4, 0.5) is 11.6 Å². The van der Waals surface area contributed by atoms with E-state index in [4.69, 9.17) is 5.73 Å². The maximum absolute atomic E-state index is 11.4. The first kappa shape index (κ1) is 12.7. The highest BCUT2D eigenvalue weighted by molar-refractivity contribution is 9.10. The van der Waals surface area contributed by atoms with E-state index < -0.39 is 0 Å². The number of aromatic nitrogens is 2. The summed E-state index contributed by atoms with van der Waals surface area (Å²) in [6, 6.07) is 0.315. The van der Waals surface area contributed by atoms with Crippen molar-refractivity contribution in [3.63, 3.8) is 0 Å². The predicted molar refractivity (Wildman–Crippen MR) is 75.6 cm³/mol. The molecule has 3 heterocycles. The molecule has 102 valence electrons. The minimum atomic E-state index is 0.183. The zero-order valence-electron chi connectivity index (χ0n) is 10.5. The van der Waals surface area contributed by atoms with Gasteiger partial charge in [-0.15, -0.1) is 0 Å². The third-order valence-corrected chi connectivity index (χ3v) is 4.68. The van der Waals surface area contributed by atoms with Gasteiger partial charge in [0.2, 0.25) is 5.91 Å². The molecule has 2 saturated heterocycles. The molecule has 1 amide bonds. The highest BCUT2D eigenvalue weighted by Crippen LogP contribution is 2.32. The van der Waals surface area contributed by atoms with Crippen molar-refractivity contribution in [1.82, 2.24) is 15.3 Å². The Balaban J connectivity index is 1.78. The van der Waals surface area contributed by atoms with Crippen LogP contribution in [0.25, 0.3) is 0 Å². The highest BCUT2D eigenvalue weighted by atomic mass is 79.9. The van der Waals surface area contributed by atoms with Crippen molar-refractivity contribution >= 4 is 33.5 Å². The van der Waals surface area contributed by atoms with Gasteiger partial charge in [-0.25, -0.2) is 9.97 Å². The van der Waals surface area contributed by atoms with E-state index in [2.05, 4.69) is 36.1 Å². The van der Waals surface area contributed by atoms with Crippen molar-refractivity contribution < 1.29 is 4.79 Å². The van der Waals surface area contributed by atoms with Crippen LogP contribution in [0.15, 0.2) is 10.8 Å². The van der Waals surface area contributed by atoms with Gasteiger partial charge in [0.15, 0.2) is 0 Å². The van der Waals surface area contributed by atoms with E-state index in [1.807, 2.05) is 0 Å². The third-order valence-electron chi connectivity index (χ3n) is 3.92. The first-order valence-electron chi connectivity index (χ1n) is 6.45. The van der Waals surface area contributed by atoms with Gasteiger partial charge in [-0.1, -0.05) is 0 Å². The number of fused-ring (bicyclic) bond motifs is 1. The van der Waals surface area contributed by atoms with E-state index in [1.165, 1.54) is 6.33 Å². The molecule has 6 nitrogen and oxygen atoms in total. The van der Waals surface area contributed by atoms with Crippen LogP contribution in [0.1, 0.15) is 19.3 Å². The summed E-state index contributed by atoms with van der Waals surface area (Å²) in [6.07, 6.45) is 4.02. The van der Waals surface area contributed by atoms with Gasteiger partial charge in [0, 0.05) is 25.6 Å². The molecule has 2 aliphatic heterocycles. The van der Waals surface area contributed by atoms with Crippen LogP contribution in [0.2, 0.25) is 0 Å². The number of nitrogen functional groups attached to an aromatic ring is 1. The maximum Gasteiger partial charge on any atom is 0.220 e. The Morgan fingerprint density at radius 2 is 2.26 bits per heavy atom. The number of hydrogen-bond donors (Lipinski definition) is 2. The molecule has 1 aromatic heterocycles. The summed E-state index contributed by atoms with van der Waals surface area (Å²) in [5, 5.41) is 3.08. The van der Waals surface area contributed by atoms with Crippen LogP contribution < -0.4 is 16.0 Å². The Hall–Kier alpha value is -1.37. The molecule has 2 unspecified atom stereocenters. The van der Waals surface area contributed by atoms with E-state index in [0.29, 0.717) is 24.2 Å². The van der Waals surface area contributed by atoms with E-state index in [0.717, 1.165) is 36.2 Å². The largest absolute Gasteiger partial charge is 0.383 e. The lowest BCUT2D eigenvalue weighted by atomic mass is 9.85. The second-order valence-corrected chi connectivity index (χ2v) is 5.90. The average molecular weight is 326 g/mol. The summed E-state index contributed by atoms with van der Waals surface area (Å²) >= 11 is 3.45. The topological polar surface area (TPSA) is 84.1 Å². The highest BCUT2D eigenvalue weighted by Gasteiger charge is 2.34. The monoisotopic (exact) mass is 325 g/mol. The van der Waals surface area contributed by atoms with Gasteiger partial charge in [-0.2, -0.15) is 0 Å². The third kappa shape index (κ3) is 2.39. The Bertz CT molecular complexity index is 509. The molecule has 2 atom stereocenters. The fourth-order valence-corrected chi connectivity index (χ4v) is 3.35. The van der Waals surface area contributed by atoms with Crippen molar-refractivity contribution in [2.75, 3.05) is 23.7 Å². The molecule has 0 aliphatic carbocycles. The van der Waals surface area contributed by atoms with Gasteiger partial charge in [0.25, 0.3) is 0 Å². The number of nitrogens with two attached hydrogens (primary N) is 1. The standard InChI is InChI=1S/C12H16BrN5O/c13-10-11(14)15-6-16-12(10)18-4-3-8-7(5-18)1-2-9(19)17-8/h6-8H,1-5H2,(H,17,19)(H2,14,15,16). The number of anilines is 2. The summed E-state index contributed by atoms with van der Waals surface area (Å²) in [5.41, 5.74) is 5.80. The molecule has 2 aliphatic rings. The molecule has 19 heavy (non-hydrogen) atoms. The predicted octanol–water partition coefficient (Wildman–Crippen LogP) is 0.926. The number of nitrogens with one attached hydrogen (secondary N) is 1. The summed E-state index contributed by atoms with van der Waals surface area (Å²) in [4.78, 5) is 21.9. The second kappa shape index (κ2) is 4.96. The normalized spacial score (nSPS) is 26.8. The minimum Gasteiger partial charge on any atom is -0.383 e.